The van der Waals surface area contributed by atoms with Crippen molar-refractivity contribution >= 4 is 0 Å². The Labute approximate surface area is 92.1 Å². The number of phenols is 1. The van der Waals surface area contributed by atoms with Crippen molar-refractivity contribution in [3.8, 4) is 5.75 Å². The number of nitrogens with two attached hydrogens (primary N) is 1. The maximum absolute atomic E-state index is 9.55. The molecule has 0 spiro atoms. The average Bonchev–Trinajstić information content (AvgIpc) is 2.13. The quantitative estimate of drug-likeness (QED) is 0.800. The molecule has 0 saturated heterocycles. The van der Waals surface area contributed by atoms with Crippen LogP contribution in [-0.4, -0.2) is 5.11 Å². The molecule has 1 unspecified atom stereocenters. The summed E-state index contributed by atoms with van der Waals surface area (Å²) in [7, 11) is 0. The van der Waals surface area contributed by atoms with Gasteiger partial charge in [0, 0.05) is 6.04 Å². The third-order valence-corrected chi connectivity index (χ3v) is 2.93. The van der Waals surface area contributed by atoms with Crippen LogP contribution in [0, 0.1) is 19.8 Å². The molecule has 0 radical (unpaired) electrons. The van der Waals surface area contributed by atoms with Crippen molar-refractivity contribution in [2.75, 3.05) is 0 Å². The van der Waals surface area contributed by atoms with Gasteiger partial charge in [-0.15, -0.1) is 0 Å². The van der Waals surface area contributed by atoms with Crippen LogP contribution in [0.1, 0.15) is 43.0 Å². The zero-order valence-electron chi connectivity index (χ0n) is 10.0. The minimum absolute atomic E-state index is 0.0734. The van der Waals surface area contributed by atoms with Crippen molar-refractivity contribution in [2.45, 2.75) is 40.2 Å². The minimum Gasteiger partial charge on any atom is -0.508 e. The number of hydrogen-bond donors (Lipinski definition) is 2. The first-order valence-corrected chi connectivity index (χ1v) is 5.48. The minimum atomic E-state index is 0.0734. The molecule has 15 heavy (non-hydrogen) atoms. The second kappa shape index (κ2) is 4.67. The molecule has 0 fully saturated rings. The van der Waals surface area contributed by atoms with Crippen molar-refractivity contribution in [3.63, 3.8) is 0 Å². The van der Waals surface area contributed by atoms with Gasteiger partial charge in [-0.25, -0.2) is 0 Å². The predicted molar refractivity (Wildman–Crippen MR) is 64.0 cm³/mol. The monoisotopic (exact) mass is 207 g/mol. The van der Waals surface area contributed by atoms with Crippen molar-refractivity contribution in [1.29, 1.82) is 0 Å². The van der Waals surface area contributed by atoms with E-state index in [1.165, 1.54) is 0 Å². The van der Waals surface area contributed by atoms with E-state index in [0.29, 0.717) is 11.7 Å². The van der Waals surface area contributed by atoms with E-state index in [1.54, 1.807) is 6.07 Å². The van der Waals surface area contributed by atoms with Gasteiger partial charge in [-0.1, -0.05) is 19.9 Å². The van der Waals surface area contributed by atoms with E-state index in [9.17, 15) is 5.11 Å². The highest BCUT2D eigenvalue weighted by Gasteiger charge is 2.13. The van der Waals surface area contributed by atoms with Crippen LogP contribution in [0.4, 0.5) is 0 Å². The summed E-state index contributed by atoms with van der Waals surface area (Å²) >= 11 is 0. The predicted octanol–water partition coefficient (Wildman–Crippen LogP) is 3.05. The van der Waals surface area contributed by atoms with Gasteiger partial charge < -0.3 is 10.8 Å². The molecule has 1 atom stereocenters. The van der Waals surface area contributed by atoms with E-state index in [4.69, 9.17) is 5.73 Å². The molecule has 0 aliphatic carbocycles. The molecule has 2 heteroatoms. The zero-order chi connectivity index (χ0) is 11.6. The fourth-order valence-corrected chi connectivity index (χ4v) is 1.86. The molecular formula is C13H21NO. The molecule has 0 aromatic heterocycles. The number of hydrogen-bond acceptors (Lipinski definition) is 2. The van der Waals surface area contributed by atoms with Crippen LogP contribution in [0.2, 0.25) is 0 Å². The maximum Gasteiger partial charge on any atom is 0.118 e. The highest BCUT2D eigenvalue weighted by atomic mass is 16.3. The average molecular weight is 207 g/mol. The molecule has 0 saturated carbocycles. The van der Waals surface area contributed by atoms with Gasteiger partial charge in [0.1, 0.15) is 5.75 Å². The molecule has 1 aromatic rings. The van der Waals surface area contributed by atoms with Crippen LogP contribution in [0.15, 0.2) is 12.1 Å². The maximum atomic E-state index is 9.55. The summed E-state index contributed by atoms with van der Waals surface area (Å²) in [4.78, 5) is 0. The van der Waals surface area contributed by atoms with Gasteiger partial charge in [0.15, 0.2) is 0 Å². The van der Waals surface area contributed by atoms with Gasteiger partial charge in [-0.05, 0) is 48.9 Å². The van der Waals surface area contributed by atoms with E-state index < -0.39 is 0 Å². The second-order valence-corrected chi connectivity index (χ2v) is 4.66. The highest BCUT2D eigenvalue weighted by molar-refractivity contribution is 5.43. The highest BCUT2D eigenvalue weighted by Crippen LogP contribution is 2.28. The summed E-state index contributed by atoms with van der Waals surface area (Å²) < 4.78 is 0. The number of benzene rings is 1. The molecule has 0 amide bonds. The van der Waals surface area contributed by atoms with E-state index in [-0.39, 0.29) is 6.04 Å². The lowest BCUT2D eigenvalue weighted by Gasteiger charge is -2.18. The van der Waals surface area contributed by atoms with Gasteiger partial charge >= 0.3 is 0 Å². The fraction of sp³-hybridized carbons (Fsp3) is 0.538. The van der Waals surface area contributed by atoms with Crippen LogP contribution in [0.3, 0.4) is 0 Å². The summed E-state index contributed by atoms with van der Waals surface area (Å²) in [6, 6.07) is 3.74. The summed E-state index contributed by atoms with van der Waals surface area (Å²) in [6.07, 6.45) is 0.977. The van der Waals surface area contributed by atoms with E-state index in [2.05, 4.69) is 13.8 Å². The molecular weight excluding hydrogens is 186 g/mol. The van der Waals surface area contributed by atoms with Crippen LogP contribution < -0.4 is 5.73 Å². The fourth-order valence-electron chi connectivity index (χ4n) is 1.86. The van der Waals surface area contributed by atoms with Gasteiger partial charge in [-0.2, -0.15) is 0 Å². The molecule has 1 aromatic carbocycles. The van der Waals surface area contributed by atoms with Crippen molar-refractivity contribution in [3.05, 3.63) is 28.8 Å². The standard InChI is InChI=1S/C13H21NO/c1-8(2)7-12(14)11-5-6-13(15)10(4)9(11)3/h5-6,8,12,15H,7,14H2,1-4H3. The Bertz CT molecular complexity index is 345. The van der Waals surface area contributed by atoms with Crippen molar-refractivity contribution in [2.24, 2.45) is 11.7 Å². The molecule has 0 aliphatic heterocycles. The molecule has 0 heterocycles. The van der Waals surface area contributed by atoms with E-state index >= 15 is 0 Å². The Morgan fingerprint density at radius 3 is 2.33 bits per heavy atom. The zero-order valence-corrected chi connectivity index (χ0v) is 10.0. The first-order chi connectivity index (χ1) is 6.93. The normalized spacial score (nSPS) is 13.2. The Balaban J connectivity index is 3.00. The summed E-state index contributed by atoms with van der Waals surface area (Å²) in [6.45, 7) is 8.28. The largest absolute Gasteiger partial charge is 0.508 e. The van der Waals surface area contributed by atoms with Gasteiger partial charge in [0.05, 0.1) is 0 Å². The van der Waals surface area contributed by atoms with Crippen molar-refractivity contribution < 1.29 is 5.11 Å². The first kappa shape index (κ1) is 12.1. The number of aromatic hydroxyl groups is 1. The van der Waals surface area contributed by atoms with Crippen molar-refractivity contribution in [1.82, 2.24) is 0 Å². The van der Waals surface area contributed by atoms with E-state index in [0.717, 1.165) is 23.1 Å². The van der Waals surface area contributed by atoms with Crippen LogP contribution in [0.5, 0.6) is 5.75 Å². The number of rotatable bonds is 3. The SMILES string of the molecule is Cc1c(O)ccc(C(N)CC(C)C)c1C. The number of phenolic OH excluding ortho intramolecular Hbond substituents is 1. The molecule has 84 valence electrons. The lowest BCUT2D eigenvalue weighted by molar-refractivity contribution is 0.468. The summed E-state index contributed by atoms with van der Waals surface area (Å²) in [5, 5.41) is 9.55. The van der Waals surface area contributed by atoms with Gasteiger partial charge in [-0.3, -0.25) is 0 Å². The molecule has 0 bridgehead atoms. The van der Waals surface area contributed by atoms with Crippen LogP contribution >= 0.6 is 0 Å². The lowest BCUT2D eigenvalue weighted by atomic mass is 9.92. The van der Waals surface area contributed by atoms with Crippen LogP contribution in [-0.2, 0) is 0 Å². The Hall–Kier alpha value is -1.02. The molecule has 3 N–H and O–H groups in total. The molecule has 2 nitrogen and oxygen atoms in total. The third kappa shape index (κ3) is 2.72. The van der Waals surface area contributed by atoms with E-state index in [1.807, 2.05) is 19.9 Å². The third-order valence-electron chi connectivity index (χ3n) is 2.93. The smallest absolute Gasteiger partial charge is 0.118 e. The van der Waals surface area contributed by atoms with Gasteiger partial charge in [0.25, 0.3) is 0 Å². The Morgan fingerprint density at radius 1 is 1.20 bits per heavy atom. The Morgan fingerprint density at radius 2 is 1.80 bits per heavy atom. The topological polar surface area (TPSA) is 46.2 Å². The van der Waals surface area contributed by atoms with Gasteiger partial charge in [0.2, 0.25) is 0 Å². The van der Waals surface area contributed by atoms with Crippen LogP contribution in [0.25, 0.3) is 0 Å². The lowest BCUT2D eigenvalue weighted by Crippen LogP contribution is -2.14. The molecule has 0 aliphatic rings. The Kier molecular flexibility index (Phi) is 3.75. The summed E-state index contributed by atoms with van der Waals surface area (Å²) in [5.74, 6) is 0.946. The first-order valence-electron chi connectivity index (χ1n) is 5.48. The summed E-state index contributed by atoms with van der Waals surface area (Å²) in [5.41, 5.74) is 9.34. The second-order valence-electron chi connectivity index (χ2n) is 4.66. The molecule has 1 rings (SSSR count).